The maximum Gasteiger partial charge on any atom is 0.238 e. The molecule has 7 rings (SSSR count). The fraction of sp³-hybridized carbons (Fsp3) is 0.375. The van der Waals surface area contributed by atoms with Crippen molar-refractivity contribution in [2.45, 2.75) is 64.2 Å². The van der Waals surface area contributed by atoms with E-state index in [1.807, 2.05) is 0 Å². The molecule has 4 atom stereocenters. The molecule has 0 N–H and O–H groups in total. The van der Waals surface area contributed by atoms with E-state index in [9.17, 15) is 9.59 Å². The Morgan fingerprint density at radius 1 is 0.611 bits per heavy atom. The van der Waals surface area contributed by atoms with Crippen LogP contribution in [0.2, 0.25) is 5.02 Å². The fourth-order valence-corrected chi connectivity index (χ4v) is 6.68. The summed E-state index contributed by atoms with van der Waals surface area (Å²) in [5.41, 5.74) is 7.92. The molecule has 0 spiro atoms. The van der Waals surface area contributed by atoms with Gasteiger partial charge in [-0.25, -0.2) is 4.90 Å². The van der Waals surface area contributed by atoms with Gasteiger partial charge < -0.3 is 0 Å². The third kappa shape index (κ3) is 3.25. The molecule has 1 heterocycles. The molecule has 0 radical (unpaired) electrons. The van der Waals surface area contributed by atoms with Crippen molar-refractivity contribution >= 4 is 29.1 Å². The summed E-state index contributed by atoms with van der Waals surface area (Å²) in [6, 6.07) is 20.5. The number of nitrogens with zero attached hydrogens (tertiary/aromatic N) is 1. The van der Waals surface area contributed by atoms with E-state index < -0.39 is 11.8 Å². The highest BCUT2D eigenvalue weighted by Crippen LogP contribution is 2.62. The number of imide groups is 1. The first-order chi connectivity index (χ1) is 16.9. The van der Waals surface area contributed by atoms with Crippen LogP contribution < -0.4 is 4.90 Å². The lowest BCUT2D eigenvalue weighted by atomic mass is 9.54. The van der Waals surface area contributed by atoms with Crippen LogP contribution in [0.15, 0.2) is 60.7 Å². The topological polar surface area (TPSA) is 37.4 Å². The standard InChI is InChI=1S/C32H32ClNO2/c1-31(2,3)17-7-13-21-23(15-17)25-22-14-8-18(32(4,5)6)16-24(22)26(21)28-27(25)29(35)34(30(28)36)20-11-9-19(33)10-12-20/h7-16,25-28H,1-6H3/t25-,26-,27+,28+/m0/s1. The molecule has 3 aromatic rings. The lowest BCUT2D eigenvalue weighted by molar-refractivity contribution is -0.122. The number of halogens is 1. The molecule has 3 aromatic carbocycles. The number of anilines is 1. The van der Waals surface area contributed by atoms with Gasteiger partial charge in [0.2, 0.25) is 11.8 Å². The maximum absolute atomic E-state index is 14.0. The van der Waals surface area contributed by atoms with Crippen molar-refractivity contribution in [1.29, 1.82) is 0 Å². The summed E-state index contributed by atoms with van der Waals surface area (Å²) in [7, 11) is 0. The average Bonchev–Trinajstić information content (AvgIpc) is 3.08. The molecule has 36 heavy (non-hydrogen) atoms. The normalized spacial score (nSPS) is 24.6. The van der Waals surface area contributed by atoms with Crippen molar-refractivity contribution in [2.75, 3.05) is 4.90 Å². The lowest BCUT2D eigenvalue weighted by Gasteiger charge is -2.47. The van der Waals surface area contributed by atoms with E-state index >= 15 is 0 Å². The molecule has 3 aliphatic carbocycles. The van der Waals surface area contributed by atoms with Crippen molar-refractivity contribution in [3.63, 3.8) is 0 Å². The van der Waals surface area contributed by atoms with Gasteiger partial charge in [0.05, 0.1) is 17.5 Å². The van der Waals surface area contributed by atoms with Crippen LogP contribution >= 0.6 is 11.6 Å². The van der Waals surface area contributed by atoms with Crippen molar-refractivity contribution in [1.82, 2.24) is 0 Å². The van der Waals surface area contributed by atoms with Gasteiger partial charge in [-0.1, -0.05) is 89.5 Å². The van der Waals surface area contributed by atoms with E-state index in [1.54, 1.807) is 24.3 Å². The number of amides is 2. The first-order valence-corrected chi connectivity index (χ1v) is 13.2. The molecule has 0 unspecified atom stereocenters. The van der Waals surface area contributed by atoms with Crippen molar-refractivity contribution < 1.29 is 9.59 Å². The Morgan fingerprint density at radius 2 is 1.03 bits per heavy atom. The first kappa shape index (κ1) is 23.5. The van der Waals surface area contributed by atoms with Crippen LogP contribution in [0.3, 0.4) is 0 Å². The summed E-state index contributed by atoms with van der Waals surface area (Å²) in [5.74, 6) is -1.24. The van der Waals surface area contributed by atoms with Crippen LogP contribution in [0.1, 0.15) is 86.8 Å². The summed E-state index contributed by atoms with van der Waals surface area (Å²) in [5, 5.41) is 0.583. The summed E-state index contributed by atoms with van der Waals surface area (Å²) in [4.78, 5) is 29.5. The predicted octanol–water partition coefficient (Wildman–Crippen LogP) is 7.33. The molecule has 4 aliphatic rings. The van der Waals surface area contributed by atoms with Crippen LogP contribution in [0.5, 0.6) is 0 Å². The highest BCUT2D eigenvalue weighted by molar-refractivity contribution is 6.31. The van der Waals surface area contributed by atoms with Gasteiger partial charge in [-0.15, -0.1) is 0 Å². The Hall–Kier alpha value is -2.91. The third-order valence-electron chi connectivity index (χ3n) is 8.45. The molecule has 1 fully saturated rings. The molecule has 0 aromatic heterocycles. The molecule has 1 aliphatic heterocycles. The Balaban J connectivity index is 1.57. The zero-order valence-electron chi connectivity index (χ0n) is 21.7. The monoisotopic (exact) mass is 497 g/mol. The van der Waals surface area contributed by atoms with Crippen LogP contribution in [0.25, 0.3) is 0 Å². The molecular formula is C32H32ClNO2. The molecule has 2 amide bonds. The van der Waals surface area contributed by atoms with Gasteiger partial charge in [-0.3, -0.25) is 9.59 Å². The fourth-order valence-electron chi connectivity index (χ4n) is 6.55. The molecular weight excluding hydrogens is 466 g/mol. The van der Waals surface area contributed by atoms with E-state index in [4.69, 9.17) is 11.6 Å². The van der Waals surface area contributed by atoms with Crippen LogP contribution in [-0.4, -0.2) is 11.8 Å². The number of carbonyl (C=O) groups is 2. The zero-order valence-corrected chi connectivity index (χ0v) is 22.5. The Bertz CT molecular complexity index is 1340. The van der Waals surface area contributed by atoms with Crippen LogP contribution in [0.4, 0.5) is 5.69 Å². The van der Waals surface area contributed by atoms with Gasteiger partial charge >= 0.3 is 0 Å². The number of benzene rings is 3. The predicted molar refractivity (Wildman–Crippen MR) is 145 cm³/mol. The SMILES string of the molecule is CC(C)(C)c1ccc2c(c1)[C@@H]1c3ccc(C(C)(C)C)cc3[C@H]2[C@H]2C(=O)N(c3ccc(Cl)cc3)C(=O)[C@H]12. The Morgan fingerprint density at radius 3 is 1.42 bits per heavy atom. The van der Waals surface area contributed by atoms with E-state index in [0.717, 1.165) is 0 Å². The summed E-state index contributed by atoms with van der Waals surface area (Å²) in [6.45, 7) is 13.3. The molecule has 1 saturated heterocycles. The average molecular weight is 498 g/mol. The molecule has 2 bridgehead atoms. The smallest absolute Gasteiger partial charge is 0.238 e. The van der Waals surface area contributed by atoms with E-state index in [2.05, 4.69) is 77.9 Å². The van der Waals surface area contributed by atoms with Crippen LogP contribution in [0, 0.1) is 11.8 Å². The Kier molecular flexibility index (Phi) is 4.93. The van der Waals surface area contributed by atoms with Crippen LogP contribution in [-0.2, 0) is 20.4 Å². The second-order valence-electron chi connectivity index (χ2n) is 12.7. The molecule has 184 valence electrons. The second kappa shape index (κ2) is 7.55. The molecule has 4 heteroatoms. The summed E-state index contributed by atoms with van der Waals surface area (Å²) >= 11 is 6.11. The molecule has 0 saturated carbocycles. The maximum atomic E-state index is 14.0. The number of rotatable bonds is 1. The van der Waals surface area contributed by atoms with E-state index in [0.29, 0.717) is 10.7 Å². The van der Waals surface area contributed by atoms with Gasteiger partial charge in [0.1, 0.15) is 0 Å². The van der Waals surface area contributed by atoms with Gasteiger partial charge in [0.15, 0.2) is 0 Å². The second-order valence-corrected chi connectivity index (χ2v) is 13.1. The number of hydrogen-bond acceptors (Lipinski definition) is 2. The highest BCUT2D eigenvalue weighted by atomic mass is 35.5. The minimum Gasteiger partial charge on any atom is -0.274 e. The minimum atomic E-state index is -0.395. The minimum absolute atomic E-state index is 0.00507. The van der Waals surface area contributed by atoms with Gasteiger partial charge in [0.25, 0.3) is 0 Å². The highest BCUT2D eigenvalue weighted by Gasteiger charge is 2.62. The lowest BCUT2D eigenvalue weighted by Crippen LogP contribution is -2.42. The first-order valence-electron chi connectivity index (χ1n) is 12.8. The largest absolute Gasteiger partial charge is 0.274 e. The molecule has 3 nitrogen and oxygen atoms in total. The number of carbonyl (C=O) groups excluding carboxylic acids is 2. The number of hydrogen-bond donors (Lipinski definition) is 0. The quantitative estimate of drug-likeness (QED) is 0.330. The zero-order chi connectivity index (χ0) is 25.7. The van der Waals surface area contributed by atoms with Gasteiger partial charge in [0, 0.05) is 16.9 Å². The van der Waals surface area contributed by atoms with Gasteiger partial charge in [-0.2, -0.15) is 0 Å². The van der Waals surface area contributed by atoms with E-state index in [-0.39, 0.29) is 34.5 Å². The van der Waals surface area contributed by atoms with Crippen molar-refractivity contribution in [3.8, 4) is 0 Å². The van der Waals surface area contributed by atoms with Crippen molar-refractivity contribution in [3.05, 3.63) is 99.1 Å². The third-order valence-corrected chi connectivity index (χ3v) is 8.70. The van der Waals surface area contributed by atoms with Crippen molar-refractivity contribution in [2.24, 2.45) is 11.8 Å². The van der Waals surface area contributed by atoms with Gasteiger partial charge in [-0.05, 0) is 68.5 Å². The Labute approximate surface area is 218 Å². The summed E-state index contributed by atoms with van der Waals surface area (Å²) in [6.07, 6.45) is 0. The van der Waals surface area contributed by atoms with E-state index in [1.165, 1.54) is 38.3 Å². The summed E-state index contributed by atoms with van der Waals surface area (Å²) < 4.78 is 0.